The van der Waals surface area contributed by atoms with Crippen molar-refractivity contribution in [2.24, 2.45) is 10.8 Å². The predicted octanol–water partition coefficient (Wildman–Crippen LogP) is 5.26. The zero-order valence-electron chi connectivity index (χ0n) is 18.7. The van der Waals surface area contributed by atoms with Gasteiger partial charge in [0.25, 0.3) is 5.91 Å². The van der Waals surface area contributed by atoms with E-state index in [-0.39, 0.29) is 10.6 Å². The summed E-state index contributed by atoms with van der Waals surface area (Å²) in [5.41, 5.74) is 6.65. The maximum atomic E-state index is 14.7. The van der Waals surface area contributed by atoms with Gasteiger partial charge in [0.1, 0.15) is 27.3 Å². The van der Waals surface area contributed by atoms with Crippen molar-refractivity contribution in [1.82, 2.24) is 5.01 Å². The quantitative estimate of drug-likeness (QED) is 0.477. The average molecular weight is 482 g/mol. The predicted molar refractivity (Wildman–Crippen MR) is 130 cm³/mol. The Labute approximate surface area is 201 Å². The summed E-state index contributed by atoms with van der Waals surface area (Å²) in [5.74, 6) is -1.05. The molecule has 3 aromatic carbocycles. The molecule has 0 fully saturated rings. The van der Waals surface area contributed by atoms with Gasteiger partial charge in [-0.3, -0.25) is 4.79 Å². The molecule has 176 valence electrons. The van der Waals surface area contributed by atoms with E-state index < -0.39 is 28.5 Å². The van der Waals surface area contributed by atoms with Gasteiger partial charge < -0.3 is 10.5 Å². The number of carbonyl (C=O) groups is 1. The molecule has 1 aliphatic rings. The van der Waals surface area contributed by atoms with Crippen molar-refractivity contribution >= 4 is 22.7 Å². The molecule has 1 aliphatic heterocycles. The number of carbonyl (C=O) groups excluding carboxylic acids is 1. The maximum absolute atomic E-state index is 14.7. The Morgan fingerprint density at radius 2 is 1.76 bits per heavy atom. The normalized spacial score (nSPS) is 18.5. The fourth-order valence-electron chi connectivity index (χ4n) is 3.84. The minimum atomic E-state index is -0.986. The van der Waals surface area contributed by atoms with Gasteiger partial charge in [-0.1, -0.05) is 60.3 Å². The van der Waals surface area contributed by atoms with Crippen LogP contribution in [0.25, 0.3) is 0 Å². The zero-order chi connectivity index (χ0) is 24.1. The van der Waals surface area contributed by atoms with Gasteiger partial charge in [0.2, 0.25) is 0 Å². The number of nitrogens with zero attached hydrogens (tertiary/aromatic N) is 2. The summed E-state index contributed by atoms with van der Waals surface area (Å²) in [4.78, 5) is 12.7. The monoisotopic (exact) mass is 481 g/mol. The summed E-state index contributed by atoms with van der Waals surface area (Å²) in [6.45, 7) is 2.05. The molecular weight excluding hydrogens is 456 g/mol. The van der Waals surface area contributed by atoms with Crippen LogP contribution in [0, 0.1) is 11.6 Å². The molecule has 0 saturated heterocycles. The number of hydrogen-bond donors (Lipinski definition) is 1. The Hall–Kier alpha value is -3.23. The van der Waals surface area contributed by atoms with Crippen molar-refractivity contribution in [3.05, 3.63) is 102 Å². The largest absolute Gasteiger partial charge is 0.481 e. The number of ether oxygens (including phenoxy) is 1. The number of benzene rings is 3. The molecule has 3 aromatic rings. The molecule has 1 heterocycles. The van der Waals surface area contributed by atoms with Gasteiger partial charge >= 0.3 is 0 Å². The summed E-state index contributed by atoms with van der Waals surface area (Å²) in [6.07, 6.45) is 0.185. The molecule has 5 nitrogen and oxygen atoms in total. The van der Waals surface area contributed by atoms with Crippen molar-refractivity contribution in [1.29, 1.82) is 0 Å². The van der Waals surface area contributed by atoms with E-state index in [0.717, 1.165) is 23.8 Å². The van der Waals surface area contributed by atoms with Crippen molar-refractivity contribution < 1.29 is 18.3 Å². The number of para-hydroxylation sites is 1. The number of hydrogen-bond acceptors (Lipinski definition) is 5. The van der Waals surface area contributed by atoms with Gasteiger partial charge in [-0.15, -0.1) is 0 Å². The molecular formula is C26H25F2N3O2S. The molecule has 0 radical (unpaired) electrons. The number of rotatable bonds is 8. The zero-order valence-corrected chi connectivity index (χ0v) is 19.5. The first kappa shape index (κ1) is 23.9. The van der Waals surface area contributed by atoms with E-state index >= 15 is 0 Å². The third-order valence-corrected chi connectivity index (χ3v) is 6.96. The summed E-state index contributed by atoms with van der Waals surface area (Å²) in [5, 5.41) is 6.12. The van der Waals surface area contributed by atoms with Crippen LogP contribution in [-0.4, -0.2) is 28.6 Å². The van der Waals surface area contributed by atoms with Crippen molar-refractivity contribution in [3.8, 4) is 5.75 Å². The Bertz CT molecular complexity index is 1180. The second kappa shape index (κ2) is 10.4. The summed E-state index contributed by atoms with van der Waals surface area (Å²) < 4.78 is 34.6. The molecule has 1 amide bonds. The van der Waals surface area contributed by atoms with E-state index in [4.69, 9.17) is 10.5 Å². The van der Waals surface area contributed by atoms with Crippen LogP contribution >= 0.6 is 11.8 Å². The van der Waals surface area contributed by atoms with E-state index in [2.05, 4.69) is 5.10 Å². The highest BCUT2D eigenvalue weighted by molar-refractivity contribution is 8.15. The van der Waals surface area contributed by atoms with E-state index in [9.17, 15) is 13.6 Å². The first-order chi connectivity index (χ1) is 16.4. The highest BCUT2D eigenvalue weighted by Crippen LogP contribution is 2.50. The third kappa shape index (κ3) is 4.83. The van der Waals surface area contributed by atoms with Gasteiger partial charge in [0, 0.05) is 5.56 Å². The molecule has 1 unspecified atom stereocenters. The van der Waals surface area contributed by atoms with Gasteiger partial charge in [-0.25, -0.2) is 13.8 Å². The number of nitrogens with two attached hydrogens (primary N) is 1. The fraction of sp³-hybridized carbons (Fsp3) is 0.231. The molecule has 0 aliphatic carbocycles. The van der Waals surface area contributed by atoms with E-state index in [1.807, 2.05) is 48.5 Å². The lowest BCUT2D eigenvalue weighted by molar-refractivity contribution is -0.141. The summed E-state index contributed by atoms with van der Waals surface area (Å²) in [6, 6.07) is 21.6. The van der Waals surface area contributed by atoms with E-state index in [0.29, 0.717) is 25.1 Å². The number of thioether (sulfide) groups is 1. The molecule has 2 N–H and O–H groups in total. The number of amides is 1. The Balaban J connectivity index is 1.78. The van der Waals surface area contributed by atoms with Crippen LogP contribution in [0.1, 0.15) is 30.9 Å². The smallest absolute Gasteiger partial charge is 0.285 e. The highest BCUT2D eigenvalue weighted by Gasteiger charge is 2.49. The Morgan fingerprint density at radius 3 is 2.44 bits per heavy atom. The first-order valence-corrected chi connectivity index (χ1v) is 11.8. The van der Waals surface area contributed by atoms with Gasteiger partial charge in [-0.2, -0.15) is 5.10 Å². The molecule has 0 spiro atoms. The van der Waals surface area contributed by atoms with Crippen LogP contribution in [-0.2, 0) is 9.67 Å². The first-order valence-electron chi connectivity index (χ1n) is 11.0. The standard InChI is InChI=1S/C26H25F2N3O2S/c1-18(33-21-11-6-3-7-12-21)25(32)31-26(15-8-16-29,19-9-4-2-5-10-19)34-24(30-31)22-17-20(27)13-14-23(22)28/h2-7,9-14,17-18H,8,15-16,29H2,1H3/t18-,26?/m0/s1. The number of hydrazone groups is 1. The lowest BCUT2D eigenvalue weighted by Gasteiger charge is -2.37. The molecule has 8 heteroatoms. The fourth-order valence-corrected chi connectivity index (χ4v) is 5.27. The molecule has 4 rings (SSSR count). The highest BCUT2D eigenvalue weighted by atomic mass is 32.2. The van der Waals surface area contributed by atoms with Gasteiger partial charge in [-0.05, 0) is 62.2 Å². The minimum Gasteiger partial charge on any atom is -0.481 e. The average Bonchev–Trinajstić information content (AvgIpc) is 3.25. The lowest BCUT2D eigenvalue weighted by atomic mass is 10.00. The molecule has 0 bridgehead atoms. The summed E-state index contributed by atoms with van der Waals surface area (Å²) >= 11 is 1.22. The van der Waals surface area contributed by atoms with Crippen molar-refractivity contribution in [2.45, 2.75) is 30.7 Å². The molecule has 0 aromatic heterocycles. The van der Waals surface area contributed by atoms with Gasteiger partial charge in [0.15, 0.2) is 6.10 Å². The van der Waals surface area contributed by atoms with Crippen LogP contribution in [0.15, 0.2) is 84.0 Å². The summed E-state index contributed by atoms with van der Waals surface area (Å²) in [7, 11) is 0. The van der Waals surface area contributed by atoms with Crippen LogP contribution in [0.4, 0.5) is 8.78 Å². The Morgan fingerprint density at radius 1 is 1.09 bits per heavy atom. The van der Waals surface area contributed by atoms with Gasteiger partial charge in [0.05, 0.1) is 0 Å². The van der Waals surface area contributed by atoms with E-state index in [1.54, 1.807) is 19.1 Å². The van der Waals surface area contributed by atoms with Crippen molar-refractivity contribution in [3.63, 3.8) is 0 Å². The SMILES string of the molecule is C[C@H](Oc1ccccc1)C(=O)N1N=C(c2cc(F)ccc2F)SC1(CCCN)c1ccccc1. The maximum Gasteiger partial charge on any atom is 0.285 e. The van der Waals surface area contributed by atoms with Crippen LogP contribution in [0.3, 0.4) is 0 Å². The van der Waals surface area contributed by atoms with E-state index in [1.165, 1.54) is 16.8 Å². The van der Waals surface area contributed by atoms with Crippen molar-refractivity contribution in [2.75, 3.05) is 6.54 Å². The minimum absolute atomic E-state index is 0.00462. The molecule has 34 heavy (non-hydrogen) atoms. The topological polar surface area (TPSA) is 67.9 Å². The number of halogens is 2. The van der Waals surface area contributed by atoms with Crippen LogP contribution in [0.2, 0.25) is 0 Å². The Kier molecular flexibility index (Phi) is 7.29. The van der Waals surface area contributed by atoms with Crippen LogP contribution < -0.4 is 10.5 Å². The lowest BCUT2D eigenvalue weighted by Crippen LogP contribution is -2.47. The third-order valence-electron chi connectivity index (χ3n) is 5.51. The molecule has 0 saturated carbocycles. The second-order valence-electron chi connectivity index (χ2n) is 7.90. The van der Waals surface area contributed by atoms with Crippen LogP contribution in [0.5, 0.6) is 5.75 Å². The molecule has 2 atom stereocenters. The second-order valence-corrected chi connectivity index (χ2v) is 9.16.